The second kappa shape index (κ2) is 9.87. The van der Waals surface area contributed by atoms with Gasteiger partial charge in [0.1, 0.15) is 12.2 Å². The number of nitrogens with one attached hydrogen (secondary N) is 2. The maximum Gasteiger partial charge on any atom is 0.249 e. The molecule has 0 saturated carbocycles. The molecule has 2 rings (SSSR count). The minimum Gasteiger partial charge on any atom is -0.497 e. The van der Waals surface area contributed by atoms with Crippen LogP contribution < -0.4 is 15.5 Å². The van der Waals surface area contributed by atoms with Gasteiger partial charge in [-0.2, -0.15) is 5.10 Å². The Morgan fingerprint density at radius 1 is 1.04 bits per heavy atom. The average Bonchev–Trinajstić information content (AvgIpc) is 2.63. The topological polar surface area (TPSA) is 79.8 Å². The summed E-state index contributed by atoms with van der Waals surface area (Å²) in [6.07, 6.45) is 1.98. The highest BCUT2D eigenvalue weighted by atomic mass is 16.5. The summed E-state index contributed by atoms with van der Waals surface area (Å²) in [5.74, 6) is -0.0385. The molecule has 6 heteroatoms. The highest BCUT2D eigenvalue weighted by Gasteiger charge is 2.07. The standard InChI is InChI=1S/C19H21N3O3/c1-25-17-9-7-16(8-10-17)14-21-22-19(24)13-18(23)20-12-11-15-5-3-2-4-6-15/h2-10,14H,11-13H2,1H3,(H,20,23)(H,22,24)/b21-14+. The third-order valence-electron chi connectivity index (χ3n) is 3.42. The molecule has 0 aliphatic rings. The molecule has 0 atom stereocenters. The van der Waals surface area contributed by atoms with Crippen molar-refractivity contribution in [2.45, 2.75) is 12.8 Å². The van der Waals surface area contributed by atoms with E-state index in [-0.39, 0.29) is 12.3 Å². The first-order valence-electron chi connectivity index (χ1n) is 7.94. The molecule has 0 saturated heterocycles. The van der Waals surface area contributed by atoms with Crippen LogP contribution in [0.1, 0.15) is 17.5 Å². The van der Waals surface area contributed by atoms with E-state index in [0.717, 1.165) is 23.3 Å². The number of carbonyl (C=O) groups excluding carboxylic acids is 2. The van der Waals surface area contributed by atoms with Crippen LogP contribution in [0.15, 0.2) is 59.7 Å². The maximum atomic E-state index is 11.7. The van der Waals surface area contributed by atoms with Crippen molar-refractivity contribution in [3.63, 3.8) is 0 Å². The second-order valence-corrected chi connectivity index (χ2v) is 5.33. The molecule has 0 unspecified atom stereocenters. The van der Waals surface area contributed by atoms with Crippen molar-refractivity contribution in [1.29, 1.82) is 0 Å². The highest BCUT2D eigenvalue weighted by molar-refractivity contribution is 5.97. The van der Waals surface area contributed by atoms with Crippen LogP contribution in [-0.2, 0) is 16.0 Å². The minimum atomic E-state index is -0.457. The summed E-state index contributed by atoms with van der Waals surface area (Å²) in [5, 5.41) is 6.55. The molecule has 0 heterocycles. The monoisotopic (exact) mass is 339 g/mol. The molecule has 2 aromatic rings. The second-order valence-electron chi connectivity index (χ2n) is 5.33. The van der Waals surface area contributed by atoms with Crippen molar-refractivity contribution in [3.05, 3.63) is 65.7 Å². The summed E-state index contributed by atoms with van der Waals surface area (Å²) < 4.78 is 5.06. The molecule has 0 aromatic heterocycles. The molecule has 0 aliphatic carbocycles. The van der Waals surface area contributed by atoms with Gasteiger partial charge in [0.05, 0.1) is 13.3 Å². The Bertz CT molecular complexity index is 712. The van der Waals surface area contributed by atoms with Crippen LogP contribution >= 0.6 is 0 Å². The first-order chi connectivity index (χ1) is 12.2. The van der Waals surface area contributed by atoms with E-state index in [2.05, 4.69) is 15.8 Å². The van der Waals surface area contributed by atoms with Gasteiger partial charge in [-0.1, -0.05) is 30.3 Å². The molecule has 130 valence electrons. The van der Waals surface area contributed by atoms with Gasteiger partial charge >= 0.3 is 0 Å². The number of amides is 2. The predicted molar refractivity (Wildman–Crippen MR) is 96.5 cm³/mol. The first-order valence-corrected chi connectivity index (χ1v) is 7.94. The number of hydrazone groups is 1. The Hall–Kier alpha value is -3.15. The zero-order valence-electron chi connectivity index (χ0n) is 14.1. The maximum absolute atomic E-state index is 11.7. The van der Waals surface area contributed by atoms with E-state index in [4.69, 9.17) is 4.74 Å². The van der Waals surface area contributed by atoms with Crippen LogP contribution in [0, 0.1) is 0 Å². The quantitative estimate of drug-likeness (QED) is 0.438. The normalized spacial score (nSPS) is 10.4. The fraction of sp³-hybridized carbons (Fsp3) is 0.211. The summed E-state index contributed by atoms with van der Waals surface area (Å²) in [6.45, 7) is 0.491. The molecule has 6 nitrogen and oxygen atoms in total. The van der Waals surface area contributed by atoms with Gasteiger partial charge in [0.15, 0.2) is 0 Å². The van der Waals surface area contributed by atoms with Gasteiger partial charge in [0, 0.05) is 6.54 Å². The first kappa shape index (κ1) is 18.2. The lowest BCUT2D eigenvalue weighted by molar-refractivity contribution is -0.129. The van der Waals surface area contributed by atoms with Gasteiger partial charge in [0.2, 0.25) is 11.8 Å². The van der Waals surface area contributed by atoms with Crippen molar-refractivity contribution in [2.24, 2.45) is 5.10 Å². The number of rotatable bonds is 8. The fourth-order valence-electron chi connectivity index (χ4n) is 2.11. The molecule has 2 aromatic carbocycles. The van der Waals surface area contributed by atoms with Gasteiger partial charge < -0.3 is 10.1 Å². The third-order valence-corrected chi connectivity index (χ3v) is 3.42. The molecule has 2 N–H and O–H groups in total. The van der Waals surface area contributed by atoms with Crippen LogP contribution in [0.25, 0.3) is 0 Å². The molecule has 0 bridgehead atoms. The summed E-state index contributed by atoms with van der Waals surface area (Å²) in [4.78, 5) is 23.4. The number of hydrogen-bond donors (Lipinski definition) is 2. The fourth-order valence-corrected chi connectivity index (χ4v) is 2.11. The largest absolute Gasteiger partial charge is 0.497 e. The molecule has 0 aliphatic heterocycles. The van der Waals surface area contributed by atoms with Crippen molar-refractivity contribution >= 4 is 18.0 Å². The Kier molecular flexibility index (Phi) is 7.18. The van der Waals surface area contributed by atoms with Gasteiger partial charge in [-0.25, -0.2) is 5.43 Å². The van der Waals surface area contributed by atoms with E-state index in [0.29, 0.717) is 6.54 Å². The third kappa shape index (κ3) is 6.87. The van der Waals surface area contributed by atoms with E-state index in [1.54, 1.807) is 19.2 Å². The van der Waals surface area contributed by atoms with Gasteiger partial charge in [0.25, 0.3) is 0 Å². The van der Waals surface area contributed by atoms with E-state index >= 15 is 0 Å². The zero-order valence-corrected chi connectivity index (χ0v) is 14.1. The van der Waals surface area contributed by atoms with Crippen LogP contribution in [0.5, 0.6) is 5.75 Å². The van der Waals surface area contributed by atoms with Gasteiger partial charge in [-0.15, -0.1) is 0 Å². The molecule has 25 heavy (non-hydrogen) atoms. The number of methoxy groups -OCH3 is 1. The summed E-state index contributed by atoms with van der Waals surface area (Å²) in [6, 6.07) is 17.0. The Morgan fingerprint density at radius 2 is 1.76 bits per heavy atom. The van der Waals surface area contributed by atoms with Crippen molar-refractivity contribution < 1.29 is 14.3 Å². The van der Waals surface area contributed by atoms with Crippen LogP contribution in [0.4, 0.5) is 0 Å². The Morgan fingerprint density at radius 3 is 2.44 bits per heavy atom. The predicted octanol–water partition coefficient (Wildman–Crippen LogP) is 1.89. The number of ether oxygens (including phenoxy) is 1. The molecule has 0 radical (unpaired) electrons. The number of nitrogens with zero attached hydrogens (tertiary/aromatic N) is 1. The average molecular weight is 339 g/mol. The van der Waals surface area contributed by atoms with Crippen LogP contribution in [0.3, 0.4) is 0 Å². The van der Waals surface area contributed by atoms with Gasteiger partial charge in [-0.3, -0.25) is 9.59 Å². The Labute approximate surface area is 146 Å². The molecule has 0 fully saturated rings. The lowest BCUT2D eigenvalue weighted by Gasteiger charge is -2.04. The van der Waals surface area contributed by atoms with E-state index in [1.165, 1.54) is 6.21 Å². The summed E-state index contributed by atoms with van der Waals surface area (Å²) in [5.41, 5.74) is 4.29. The SMILES string of the molecule is COc1ccc(/C=N/NC(=O)CC(=O)NCCc2ccccc2)cc1. The van der Waals surface area contributed by atoms with E-state index in [9.17, 15) is 9.59 Å². The molecular weight excluding hydrogens is 318 g/mol. The molecule has 2 amide bonds. The van der Waals surface area contributed by atoms with E-state index < -0.39 is 5.91 Å². The molecule has 0 spiro atoms. The van der Waals surface area contributed by atoms with Crippen molar-refractivity contribution in [3.8, 4) is 5.75 Å². The molecular formula is C19H21N3O3. The lowest BCUT2D eigenvalue weighted by atomic mass is 10.1. The number of benzene rings is 2. The number of hydrogen-bond acceptors (Lipinski definition) is 4. The van der Waals surface area contributed by atoms with Crippen LogP contribution in [-0.4, -0.2) is 31.7 Å². The van der Waals surface area contributed by atoms with Crippen molar-refractivity contribution in [1.82, 2.24) is 10.7 Å². The van der Waals surface area contributed by atoms with Gasteiger partial charge in [-0.05, 0) is 41.8 Å². The van der Waals surface area contributed by atoms with E-state index in [1.807, 2.05) is 42.5 Å². The lowest BCUT2D eigenvalue weighted by Crippen LogP contribution is -2.31. The summed E-state index contributed by atoms with van der Waals surface area (Å²) in [7, 11) is 1.59. The zero-order chi connectivity index (χ0) is 17.9. The number of carbonyl (C=O) groups is 2. The smallest absolute Gasteiger partial charge is 0.249 e. The Balaban J connectivity index is 1.66. The minimum absolute atomic E-state index is 0.255. The summed E-state index contributed by atoms with van der Waals surface area (Å²) >= 11 is 0. The van der Waals surface area contributed by atoms with Crippen LogP contribution in [0.2, 0.25) is 0 Å². The highest BCUT2D eigenvalue weighted by Crippen LogP contribution is 2.09. The van der Waals surface area contributed by atoms with Crippen molar-refractivity contribution in [2.75, 3.05) is 13.7 Å².